The first-order chi connectivity index (χ1) is 11.5. The van der Waals surface area contributed by atoms with Gasteiger partial charge in [-0.3, -0.25) is 4.79 Å². The first-order valence-electron chi connectivity index (χ1n) is 6.88. The number of rotatable bonds is 6. The van der Waals surface area contributed by atoms with E-state index in [-0.39, 0.29) is 23.0 Å². The highest BCUT2D eigenvalue weighted by atomic mass is 32.2. The second-order valence-corrected chi connectivity index (χ2v) is 7.79. The molecule has 0 saturated heterocycles. The number of nitrogens with one attached hydrogen (secondary N) is 1. The van der Waals surface area contributed by atoms with Gasteiger partial charge in [-0.25, -0.2) is 17.5 Å². The van der Waals surface area contributed by atoms with Crippen LogP contribution < -0.4 is 4.72 Å². The van der Waals surface area contributed by atoms with Crippen molar-refractivity contribution in [2.75, 3.05) is 0 Å². The van der Waals surface area contributed by atoms with Gasteiger partial charge in [-0.1, -0.05) is 6.07 Å². The lowest BCUT2D eigenvalue weighted by molar-refractivity contribution is 0.101. The summed E-state index contributed by atoms with van der Waals surface area (Å²) in [4.78, 5) is 13.1. The Bertz CT molecular complexity index is 962. The van der Waals surface area contributed by atoms with E-state index in [1.54, 1.807) is 24.3 Å². The molecule has 0 aliphatic rings. The van der Waals surface area contributed by atoms with Gasteiger partial charge < -0.3 is 4.42 Å². The number of furan rings is 1. The Balaban J connectivity index is 1.70. The van der Waals surface area contributed by atoms with E-state index in [9.17, 15) is 17.6 Å². The molecule has 0 unspecified atom stereocenters. The predicted octanol–water partition coefficient (Wildman–Crippen LogP) is 3.19. The molecule has 2 heterocycles. The smallest absolute Gasteiger partial charge is 0.240 e. The highest BCUT2D eigenvalue weighted by molar-refractivity contribution is 7.89. The molecule has 124 valence electrons. The average molecular weight is 365 g/mol. The number of carbonyl (C=O) groups is 1. The van der Waals surface area contributed by atoms with Crippen LogP contribution in [0.15, 0.2) is 64.1 Å². The van der Waals surface area contributed by atoms with Crippen molar-refractivity contribution in [3.8, 4) is 0 Å². The van der Waals surface area contributed by atoms with E-state index in [4.69, 9.17) is 4.42 Å². The van der Waals surface area contributed by atoms with Crippen LogP contribution in [0.3, 0.4) is 0 Å². The molecule has 0 radical (unpaired) electrons. The molecule has 0 amide bonds. The summed E-state index contributed by atoms with van der Waals surface area (Å²) in [5, 5.41) is 0. The summed E-state index contributed by atoms with van der Waals surface area (Å²) in [6.45, 7) is 0.00888. The van der Waals surface area contributed by atoms with Crippen molar-refractivity contribution >= 4 is 27.1 Å². The lowest BCUT2D eigenvalue weighted by atomic mass is 10.2. The second kappa shape index (κ2) is 6.68. The van der Waals surface area contributed by atoms with Gasteiger partial charge in [0, 0.05) is 11.4 Å². The molecule has 3 aromatic rings. The molecule has 1 N–H and O–H groups in total. The minimum absolute atomic E-state index is 0.00888. The van der Waals surface area contributed by atoms with Gasteiger partial charge in [0.1, 0.15) is 5.82 Å². The lowest BCUT2D eigenvalue weighted by Gasteiger charge is -2.05. The van der Waals surface area contributed by atoms with Crippen LogP contribution in [-0.4, -0.2) is 14.2 Å². The van der Waals surface area contributed by atoms with Crippen LogP contribution >= 0.6 is 11.3 Å². The molecular weight excluding hydrogens is 353 g/mol. The van der Waals surface area contributed by atoms with Gasteiger partial charge in [-0.05, 0) is 42.5 Å². The molecule has 0 saturated carbocycles. The molecule has 0 bridgehead atoms. The molecule has 0 spiro atoms. The number of sulfonamides is 1. The summed E-state index contributed by atoms with van der Waals surface area (Å²) in [6, 6.07) is 11.2. The molecule has 0 fully saturated rings. The van der Waals surface area contributed by atoms with Gasteiger partial charge in [0.25, 0.3) is 0 Å². The Morgan fingerprint density at radius 3 is 2.71 bits per heavy atom. The monoisotopic (exact) mass is 365 g/mol. The third kappa shape index (κ3) is 3.61. The molecule has 24 heavy (non-hydrogen) atoms. The molecule has 1 aromatic carbocycles. The van der Waals surface area contributed by atoms with Gasteiger partial charge in [0.05, 0.1) is 16.0 Å². The third-order valence-corrected chi connectivity index (χ3v) is 5.66. The summed E-state index contributed by atoms with van der Waals surface area (Å²) in [5.41, 5.74) is 0. The van der Waals surface area contributed by atoms with Gasteiger partial charge in [-0.2, -0.15) is 0 Å². The highest BCUT2D eigenvalue weighted by Crippen LogP contribution is 2.21. The third-order valence-electron chi connectivity index (χ3n) is 3.17. The Morgan fingerprint density at radius 2 is 2.00 bits per heavy atom. The fourth-order valence-electron chi connectivity index (χ4n) is 2.01. The SMILES string of the molecule is O=C(c1ccco1)c1ccc(CNS(=O)(=O)c2cccc(F)c2)s1. The minimum atomic E-state index is -3.82. The van der Waals surface area contributed by atoms with E-state index >= 15 is 0 Å². The quantitative estimate of drug-likeness (QED) is 0.681. The minimum Gasteiger partial charge on any atom is -0.461 e. The molecule has 5 nitrogen and oxygen atoms in total. The zero-order valence-electron chi connectivity index (χ0n) is 12.2. The van der Waals surface area contributed by atoms with Crippen molar-refractivity contribution in [2.45, 2.75) is 11.4 Å². The standard InChI is InChI=1S/C16H12FNO4S2/c17-11-3-1-4-13(9-11)24(20,21)18-10-12-6-7-15(23-12)16(19)14-5-2-8-22-14/h1-9,18H,10H2. The van der Waals surface area contributed by atoms with Crippen molar-refractivity contribution < 1.29 is 22.0 Å². The van der Waals surface area contributed by atoms with Gasteiger partial charge in [0.15, 0.2) is 5.76 Å². The molecular formula is C16H12FNO4S2. The van der Waals surface area contributed by atoms with Gasteiger partial charge in [0.2, 0.25) is 15.8 Å². The molecule has 3 rings (SSSR count). The fraction of sp³-hybridized carbons (Fsp3) is 0.0625. The number of hydrogen-bond donors (Lipinski definition) is 1. The molecule has 8 heteroatoms. The number of thiophene rings is 1. The van der Waals surface area contributed by atoms with E-state index in [1.807, 2.05) is 0 Å². The first-order valence-corrected chi connectivity index (χ1v) is 9.18. The van der Waals surface area contributed by atoms with Crippen molar-refractivity contribution in [3.05, 3.63) is 76.1 Å². The maximum absolute atomic E-state index is 13.2. The van der Waals surface area contributed by atoms with Crippen molar-refractivity contribution in [1.29, 1.82) is 0 Å². The molecule has 2 aromatic heterocycles. The zero-order valence-corrected chi connectivity index (χ0v) is 13.9. The summed E-state index contributed by atoms with van der Waals surface area (Å²) >= 11 is 1.17. The number of carbonyl (C=O) groups excluding carboxylic acids is 1. The van der Waals surface area contributed by atoms with Crippen molar-refractivity contribution in [2.24, 2.45) is 0 Å². The van der Waals surface area contributed by atoms with Gasteiger partial charge >= 0.3 is 0 Å². The van der Waals surface area contributed by atoms with Crippen LogP contribution in [0.2, 0.25) is 0 Å². The van der Waals surface area contributed by atoms with Crippen LogP contribution in [-0.2, 0) is 16.6 Å². The van der Waals surface area contributed by atoms with E-state index in [2.05, 4.69) is 4.72 Å². The molecule has 0 aliphatic heterocycles. The molecule has 0 aliphatic carbocycles. The average Bonchev–Trinajstić information content (AvgIpc) is 3.24. The van der Waals surface area contributed by atoms with E-state index < -0.39 is 15.8 Å². The second-order valence-electron chi connectivity index (χ2n) is 4.85. The zero-order chi connectivity index (χ0) is 17.2. The first kappa shape index (κ1) is 16.6. The Morgan fingerprint density at radius 1 is 1.17 bits per heavy atom. The van der Waals surface area contributed by atoms with Crippen LogP contribution in [0.4, 0.5) is 4.39 Å². The van der Waals surface area contributed by atoms with Crippen LogP contribution in [0.5, 0.6) is 0 Å². The van der Waals surface area contributed by atoms with Gasteiger partial charge in [-0.15, -0.1) is 11.3 Å². The Hall–Kier alpha value is -2.29. The lowest BCUT2D eigenvalue weighted by Crippen LogP contribution is -2.22. The van der Waals surface area contributed by atoms with Crippen LogP contribution in [0.1, 0.15) is 20.3 Å². The Kier molecular flexibility index (Phi) is 4.61. The number of ketones is 1. The normalized spacial score (nSPS) is 11.5. The van der Waals surface area contributed by atoms with E-state index in [0.29, 0.717) is 9.75 Å². The number of hydrogen-bond acceptors (Lipinski definition) is 5. The topological polar surface area (TPSA) is 76.4 Å². The maximum Gasteiger partial charge on any atom is 0.240 e. The van der Waals surface area contributed by atoms with E-state index in [1.165, 1.54) is 35.8 Å². The van der Waals surface area contributed by atoms with E-state index in [0.717, 1.165) is 6.07 Å². The van der Waals surface area contributed by atoms with Crippen LogP contribution in [0.25, 0.3) is 0 Å². The Labute approximate surface area is 141 Å². The summed E-state index contributed by atoms with van der Waals surface area (Å²) in [5.74, 6) is -0.659. The highest BCUT2D eigenvalue weighted by Gasteiger charge is 2.17. The molecule has 0 atom stereocenters. The van der Waals surface area contributed by atoms with Crippen LogP contribution in [0, 0.1) is 5.82 Å². The summed E-state index contributed by atoms with van der Waals surface area (Å²) in [6.07, 6.45) is 1.41. The van der Waals surface area contributed by atoms with Crippen molar-refractivity contribution in [1.82, 2.24) is 4.72 Å². The number of halogens is 1. The van der Waals surface area contributed by atoms with Crippen molar-refractivity contribution in [3.63, 3.8) is 0 Å². The largest absolute Gasteiger partial charge is 0.461 e. The fourth-order valence-corrected chi connectivity index (χ4v) is 4.03. The summed E-state index contributed by atoms with van der Waals surface area (Å²) in [7, 11) is -3.82. The maximum atomic E-state index is 13.2. The summed E-state index contributed by atoms with van der Waals surface area (Å²) < 4.78 is 44.9. The number of benzene rings is 1. The predicted molar refractivity (Wildman–Crippen MR) is 86.9 cm³/mol.